The lowest BCUT2D eigenvalue weighted by Crippen LogP contribution is -2.27. The fourth-order valence-electron chi connectivity index (χ4n) is 3.69. The highest BCUT2D eigenvalue weighted by molar-refractivity contribution is 5.96. The number of Topliss-reactive ketones (excluding diaryl/α,β-unsaturated/α-hetero) is 1. The van der Waals surface area contributed by atoms with Crippen molar-refractivity contribution in [2.24, 2.45) is 0 Å². The molecule has 160 valence electrons. The number of nitrogens with one attached hydrogen (secondary N) is 1. The van der Waals surface area contributed by atoms with Gasteiger partial charge >= 0.3 is 0 Å². The van der Waals surface area contributed by atoms with E-state index in [4.69, 9.17) is 4.84 Å². The first-order valence-electron chi connectivity index (χ1n) is 10.9. The Morgan fingerprint density at radius 1 is 0.688 bits per heavy atom. The van der Waals surface area contributed by atoms with E-state index in [-0.39, 0.29) is 17.9 Å². The van der Waals surface area contributed by atoms with E-state index in [0.29, 0.717) is 12.0 Å². The van der Waals surface area contributed by atoms with Gasteiger partial charge in [0, 0.05) is 12.0 Å². The summed E-state index contributed by atoms with van der Waals surface area (Å²) in [5.74, 6) is 0.0725. The Morgan fingerprint density at radius 3 is 1.72 bits per heavy atom. The summed E-state index contributed by atoms with van der Waals surface area (Å²) in [7, 11) is 0. The Morgan fingerprint density at radius 2 is 1.19 bits per heavy atom. The Balaban J connectivity index is 1.59. The van der Waals surface area contributed by atoms with Gasteiger partial charge < -0.3 is 0 Å². The van der Waals surface area contributed by atoms with E-state index in [0.717, 1.165) is 16.7 Å². The maximum Gasteiger partial charge on any atom is 0.164 e. The largest absolute Gasteiger partial charge is 0.294 e. The molecule has 0 heterocycles. The van der Waals surface area contributed by atoms with E-state index < -0.39 is 0 Å². The zero-order valence-corrected chi connectivity index (χ0v) is 18.1. The minimum atomic E-state index is -0.294. The van der Waals surface area contributed by atoms with E-state index in [1.807, 2.05) is 66.7 Å². The standard InChI is InChI=1S/C29H27NO2/c1-22-17-19-23(20-18-22)27(21-28(31)24-11-5-2-6-12-24)30-32-29(25-13-7-3-8-14-25)26-15-9-4-10-16-26/h2-20,27,29-30H,21H2,1H3/t27-/m0/s1. The molecule has 0 saturated heterocycles. The van der Waals surface area contributed by atoms with Crippen molar-refractivity contribution in [3.05, 3.63) is 143 Å². The van der Waals surface area contributed by atoms with E-state index >= 15 is 0 Å². The molecule has 3 heteroatoms. The molecule has 1 atom stereocenters. The molecule has 1 N–H and O–H groups in total. The number of carbonyl (C=O) groups excluding carboxylic acids is 1. The quantitative estimate of drug-likeness (QED) is 0.244. The zero-order valence-electron chi connectivity index (χ0n) is 18.1. The summed E-state index contributed by atoms with van der Waals surface area (Å²) >= 11 is 0. The van der Waals surface area contributed by atoms with E-state index in [1.165, 1.54) is 5.56 Å². The average molecular weight is 422 g/mol. The Hall–Kier alpha value is -3.53. The predicted molar refractivity (Wildman–Crippen MR) is 128 cm³/mol. The topological polar surface area (TPSA) is 38.3 Å². The van der Waals surface area contributed by atoms with Gasteiger partial charge in [0.2, 0.25) is 0 Å². The van der Waals surface area contributed by atoms with Crippen LogP contribution in [0.1, 0.15) is 51.2 Å². The molecule has 0 unspecified atom stereocenters. The highest BCUT2D eigenvalue weighted by atomic mass is 16.7. The van der Waals surface area contributed by atoms with Gasteiger partial charge in [0.25, 0.3) is 0 Å². The van der Waals surface area contributed by atoms with Crippen LogP contribution in [0.5, 0.6) is 0 Å². The molecule has 0 fully saturated rings. The normalized spacial score (nSPS) is 11.9. The van der Waals surface area contributed by atoms with Crippen molar-refractivity contribution in [3.63, 3.8) is 0 Å². The molecule has 0 radical (unpaired) electrons. The van der Waals surface area contributed by atoms with Gasteiger partial charge in [-0.15, -0.1) is 0 Å². The molecule has 0 bridgehead atoms. The highest BCUT2D eigenvalue weighted by Crippen LogP contribution is 2.27. The first-order chi connectivity index (χ1) is 15.7. The molecule has 0 aliphatic carbocycles. The summed E-state index contributed by atoms with van der Waals surface area (Å²) in [6.45, 7) is 2.05. The first kappa shape index (κ1) is 21.7. The van der Waals surface area contributed by atoms with Crippen LogP contribution in [0.25, 0.3) is 0 Å². The number of aryl methyl sites for hydroxylation is 1. The van der Waals surface area contributed by atoms with Crippen molar-refractivity contribution < 1.29 is 9.63 Å². The molecular weight excluding hydrogens is 394 g/mol. The number of hydrogen-bond acceptors (Lipinski definition) is 3. The van der Waals surface area contributed by atoms with Crippen LogP contribution >= 0.6 is 0 Å². The summed E-state index contributed by atoms with van der Waals surface area (Å²) in [6.07, 6.45) is 0.000732. The second-order valence-corrected chi connectivity index (χ2v) is 7.89. The SMILES string of the molecule is Cc1ccc([C@H](CC(=O)c2ccccc2)NOC(c2ccccc2)c2ccccc2)cc1. The number of ketones is 1. The molecular formula is C29H27NO2. The molecule has 0 aliphatic rings. The lowest BCUT2D eigenvalue weighted by molar-refractivity contribution is -0.0272. The molecule has 0 saturated carbocycles. The van der Waals surface area contributed by atoms with E-state index in [2.05, 4.69) is 60.9 Å². The molecule has 3 nitrogen and oxygen atoms in total. The van der Waals surface area contributed by atoms with Gasteiger partial charge in [0.05, 0.1) is 6.04 Å². The van der Waals surface area contributed by atoms with Gasteiger partial charge in [0.1, 0.15) is 6.10 Å². The maximum absolute atomic E-state index is 13.0. The molecule has 4 rings (SSSR count). The smallest absolute Gasteiger partial charge is 0.164 e. The molecule has 0 spiro atoms. The van der Waals surface area contributed by atoms with Crippen molar-refractivity contribution in [2.45, 2.75) is 25.5 Å². The first-order valence-corrected chi connectivity index (χ1v) is 10.9. The maximum atomic E-state index is 13.0. The fourth-order valence-corrected chi connectivity index (χ4v) is 3.69. The van der Waals surface area contributed by atoms with E-state index in [9.17, 15) is 4.79 Å². The summed E-state index contributed by atoms with van der Waals surface area (Å²) in [5.41, 5.74) is 8.21. The molecule has 4 aromatic carbocycles. The lowest BCUT2D eigenvalue weighted by atomic mass is 9.98. The lowest BCUT2D eigenvalue weighted by Gasteiger charge is -2.24. The monoisotopic (exact) mass is 421 g/mol. The van der Waals surface area contributed by atoms with Crippen LogP contribution in [0.2, 0.25) is 0 Å². The Labute approximate surface area is 189 Å². The van der Waals surface area contributed by atoms with Gasteiger partial charge in [0.15, 0.2) is 5.78 Å². The second-order valence-electron chi connectivity index (χ2n) is 7.89. The Kier molecular flexibility index (Phi) is 7.23. The van der Waals surface area contributed by atoms with Crippen molar-refractivity contribution in [1.29, 1.82) is 0 Å². The predicted octanol–water partition coefficient (Wildman–Crippen LogP) is 6.62. The van der Waals surface area contributed by atoms with Gasteiger partial charge in [-0.25, -0.2) is 0 Å². The van der Waals surface area contributed by atoms with E-state index in [1.54, 1.807) is 0 Å². The third-order valence-corrected chi connectivity index (χ3v) is 5.50. The van der Waals surface area contributed by atoms with Crippen LogP contribution in [0.4, 0.5) is 0 Å². The van der Waals surface area contributed by atoms with Crippen molar-refractivity contribution in [1.82, 2.24) is 5.48 Å². The van der Waals surface area contributed by atoms with Crippen molar-refractivity contribution in [2.75, 3.05) is 0 Å². The third kappa shape index (κ3) is 5.58. The fraction of sp³-hybridized carbons (Fsp3) is 0.138. The highest BCUT2D eigenvalue weighted by Gasteiger charge is 2.21. The van der Waals surface area contributed by atoms with Crippen LogP contribution in [0, 0.1) is 6.92 Å². The minimum Gasteiger partial charge on any atom is -0.294 e. The van der Waals surface area contributed by atoms with Crippen LogP contribution in [0.15, 0.2) is 115 Å². The minimum absolute atomic E-state index is 0.0725. The molecule has 0 amide bonds. The van der Waals surface area contributed by atoms with Crippen molar-refractivity contribution in [3.8, 4) is 0 Å². The number of rotatable bonds is 9. The van der Waals surface area contributed by atoms with Crippen LogP contribution < -0.4 is 5.48 Å². The van der Waals surface area contributed by atoms with Crippen molar-refractivity contribution >= 4 is 5.78 Å². The molecule has 0 aliphatic heterocycles. The number of benzene rings is 4. The zero-order chi connectivity index (χ0) is 22.2. The number of hydrogen-bond donors (Lipinski definition) is 1. The van der Waals surface area contributed by atoms with Gasteiger partial charge in [-0.1, -0.05) is 121 Å². The van der Waals surface area contributed by atoms with Crippen LogP contribution in [-0.2, 0) is 4.84 Å². The summed E-state index contributed by atoms with van der Waals surface area (Å²) in [5, 5.41) is 0. The van der Waals surface area contributed by atoms with Gasteiger partial charge in [-0.2, -0.15) is 5.48 Å². The Bertz CT molecular complexity index is 1070. The second kappa shape index (κ2) is 10.7. The molecule has 0 aromatic heterocycles. The van der Waals surface area contributed by atoms with Crippen LogP contribution in [-0.4, -0.2) is 5.78 Å². The van der Waals surface area contributed by atoms with Gasteiger partial charge in [-0.3, -0.25) is 9.63 Å². The third-order valence-electron chi connectivity index (χ3n) is 5.50. The van der Waals surface area contributed by atoms with Crippen LogP contribution in [0.3, 0.4) is 0 Å². The molecule has 32 heavy (non-hydrogen) atoms. The summed E-state index contributed by atoms with van der Waals surface area (Å²) < 4.78 is 0. The number of carbonyl (C=O) groups is 1. The molecule has 4 aromatic rings. The summed E-state index contributed by atoms with van der Waals surface area (Å²) in [6, 6.07) is 37.5. The summed E-state index contributed by atoms with van der Waals surface area (Å²) in [4.78, 5) is 19.3. The average Bonchev–Trinajstić information content (AvgIpc) is 2.86. The number of hydroxylamine groups is 1. The van der Waals surface area contributed by atoms with Gasteiger partial charge in [-0.05, 0) is 23.6 Å².